The molecule has 0 aromatic heterocycles. The van der Waals surface area contributed by atoms with Crippen LogP contribution >= 0.6 is 11.5 Å². The van der Waals surface area contributed by atoms with Gasteiger partial charge in [0, 0.05) is 0 Å². The fraction of sp³-hybridized carbons (Fsp3) is 0.762. The van der Waals surface area contributed by atoms with Gasteiger partial charge in [0.1, 0.15) is 13.3 Å². The third-order valence-electron chi connectivity index (χ3n) is 6.35. The summed E-state index contributed by atoms with van der Waals surface area (Å²) >= 11 is 6.56. The second-order valence-corrected chi connectivity index (χ2v) is 17.2. The second-order valence-electron chi connectivity index (χ2n) is 9.61. The van der Waals surface area contributed by atoms with E-state index in [0.29, 0.717) is 12.5 Å². The molecule has 1 aliphatic rings. The molecule has 0 aromatic rings. The summed E-state index contributed by atoms with van der Waals surface area (Å²) < 4.78 is 33.6. The molecular formula is C21H39BClNO4SSi. The Morgan fingerprint density at radius 3 is 2.47 bits per heavy atom. The predicted molar refractivity (Wildman–Crippen MR) is 131 cm³/mol. The van der Waals surface area contributed by atoms with Gasteiger partial charge in [0.15, 0.2) is 9.84 Å². The number of unbranched alkanes of at least 4 members (excludes halogenated alkanes) is 1. The molecular weight excluding hydrogens is 437 g/mol. The maximum Gasteiger partial charge on any atom is 0.380 e. The first kappa shape index (κ1) is 27.3. The third-order valence-corrected chi connectivity index (χ3v) is 14.1. The van der Waals surface area contributed by atoms with E-state index in [4.69, 9.17) is 16.2 Å². The summed E-state index contributed by atoms with van der Waals surface area (Å²) in [6, 6.07) is 0. The molecule has 0 spiro atoms. The van der Waals surface area contributed by atoms with Gasteiger partial charge in [-0.3, -0.25) is 4.79 Å². The maximum absolute atomic E-state index is 13.2. The molecule has 1 rings (SSSR count). The van der Waals surface area contributed by atoms with Crippen LogP contribution in [0.4, 0.5) is 0 Å². The number of carbonyl (C=O) groups is 1. The lowest BCUT2D eigenvalue weighted by molar-refractivity contribution is -0.144. The van der Waals surface area contributed by atoms with E-state index in [1.807, 2.05) is 4.48 Å². The molecule has 30 heavy (non-hydrogen) atoms. The molecule has 0 bridgehead atoms. The van der Waals surface area contributed by atoms with Gasteiger partial charge in [0.25, 0.3) is 0 Å². The molecule has 1 heterocycles. The van der Waals surface area contributed by atoms with Gasteiger partial charge in [-0.2, -0.15) is 11.5 Å². The molecule has 0 saturated heterocycles. The zero-order chi connectivity index (χ0) is 23.2. The van der Waals surface area contributed by atoms with Crippen molar-refractivity contribution < 1.29 is 17.9 Å². The summed E-state index contributed by atoms with van der Waals surface area (Å²) in [6.07, 6.45) is 6.82. The summed E-state index contributed by atoms with van der Waals surface area (Å²) in [6.45, 7) is 15.2. The normalized spacial score (nSPS) is 16.5. The van der Waals surface area contributed by atoms with Crippen LogP contribution in [0.1, 0.15) is 66.7 Å². The predicted octanol–water partition coefficient (Wildman–Crippen LogP) is 5.54. The number of sulfone groups is 1. The van der Waals surface area contributed by atoms with Gasteiger partial charge in [-0.1, -0.05) is 79.0 Å². The molecule has 1 aliphatic heterocycles. The largest absolute Gasteiger partial charge is 0.465 e. The zero-order valence-corrected chi connectivity index (χ0v) is 22.3. The SMILES string of the molecule is CCCCC(CC)COC(=O)CCS(=O)(=O)C1=CC=CB(Cl)N1[Si](C)(C)C(C)(C)C. The van der Waals surface area contributed by atoms with Crippen molar-refractivity contribution >= 4 is 41.8 Å². The molecule has 172 valence electrons. The Morgan fingerprint density at radius 2 is 1.93 bits per heavy atom. The Labute approximate surface area is 190 Å². The number of nitrogens with zero attached hydrogens (tertiary/aromatic N) is 1. The number of hydrogen-bond acceptors (Lipinski definition) is 5. The summed E-state index contributed by atoms with van der Waals surface area (Å²) in [5.41, 5.74) is 0. The highest BCUT2D eigenvalue weighted by molar-refractivity contribution is 7.95. The minimum Gasteiger partial charge on any atom is -0.465 e. The van der Waals surface area contributed by atoms with E-state index in [2.05, 4.69) is 47.7 Å². The van der Waals surface area contributed by atoms with Crippen molar-refractivity contribution in [2.75, 3.05) is 12.4 Å². The van der Waals surface area contributed by atoms with Crippen LogP contribution < -0.4 is 0 Å². The monoisotopic (exact) mass is 475 g/mol. The highest BCUT2D eigenvalue weighted by Gasteiger charge is 2.48. The van der Waals surface area contributed by atoms with E-state index in [9.17, 15) is 13.2 Å². The maximum atomic E-state index is 13.2. The van der Waals surface area contributed by atoms with Crippen molar-refractivity contribution in [1.29, 1.82) is 0 Å². The summed E-state index contributed by atoms with van der Waals surface area (Å²) in [7, 11) is -5.93. The first-order valence-corrected chi connectivity index (χ1v) is 16.0. The highest BCUT2D eigenvalue weighted by Crippen LogP contribution is 2.42. The van der Waals surface area contributed by atoms with E-state index in [1.165, 1.54) is 0 Å². The molecule has 0 aromatic carbocycles. The third kappa shape index (κ3) is 7.16. The quantitative estimate of drug-likeness (QED) is 0.290. The van der Waals surface area contributed by atoms with Crippen molar-refractivity contribution in [1.82, 2.24) is 4.48 Å². The standard InChI is InChI=1S/C21H39BClNO4SSi/c1-8-10-12-18(9-2)17-28-20(25)14-16-29(26,27)19-13-11-15-22(23)24(19)30(6,7)21(3,4)5/h11,13,15,18H,8-10,12,14,16-17H2,1-7H3. The minimum absolute atomic E-state index is 0.0908. The van der Waals surface area contributed by atoms with Crippen LogP contribution in [0.5, 0.6) is 0 Å². The number of halogens is 1. The van der Waals surface area contributed by atoms with Crippen LogP contribution in [0.2, 0.25) is 18.1 Å². The van der Waals surface area contributed by atoms with Crippen molar-refractivity contribution in [2.24, 2.45) is 5.92 Å². The second kappa shape index (κ2) is 11.2. The van der Waals surface area contributed by atoms with Crippen molar-refractivity contribution in [2.45, 2.75) is 84.9 Å². The number of hydrogen-bond donors (Lipinski definition) is 0. The fourth-order valence-corrected chi connectivity index (χ4v) is 8.69. The lowest BCUT2D eigenvalue weighted by Gasteiger charge is -2.49. The first-order valence-electron chi connectivity index (χ1n) is 11.0. The average Bonchev–Trinajstić information content (AvgIpc) is 2.65. The van der Waals surface area contributed by atoms with E-state index in [1.54, 1.807) is 18.1 Å². The molecule has 0 aliphatic carbocycles. The Kier molecular flexibility index (Phi) is 10.2. The summed E-state index contributed by atoms with van der Waals surface area (Å²) in [5, 5.41) is 0.130. The van der Waals surface area contributed by atoms with Gasteiger partial charge in [-0.25, -0.2) is 8.42 Å². The number of carbonyl (C=O) groups excluding carboxylic acids is 1. The van der Waals surface area contributed by atoms with Gasteiger partial charge in [0.05, 0.1) is 18.8 Å². The van der Waals surface area contributed by atoms with Crippen LogP contribution in [0, 0.1) is 5.92 Å². The summed E-state index contributed by atoms with van der Waals surface area (Å²) in [4.78, 5) is 12.2. The highest BCUT2D eigenvalue weighted by atomic mass is 35.5. The Bertz CT molecular complexity index is 747. The van der Waals surface area contributed by atoms with Gasteiger partial charge in [0.2, 0.25) is 0 Å². The van der Waals surface area contributed by atoms with Crippen LogP contribution in [-0.4, -0.2) is 45.7 Å². The molecule has 0 amide bonds. The number of allylic oxidation sites excluding steroid dienone is 2. The topological polar surface area (TPSA) is 63.7 Å². The van der Waals surface area contributed by atoms with Gasteiger partial charge >= 0.3 is 12.2 Å². The Balaban J connectivity index is 2.85. The zero-order valence-electron chi connectivity index (χ0n) is 19.7. The molecule has 0 radical (unpaired) electrons. The van der Waals surface area contributed by atoms with Gasteiger partial charge < -0.3 is 9.21 Å². The van der Waals surface area contributed by atoms with Crippen molar-refractivity contribution in [3.63, 3.8) is 0 Å². The van der Waals surface area contributed by atoms with Crippen molar-refractivity contribution in [3.8, 4) is 0 Å². The lowest BCUT2D eigenvalue weighted by Crippen LogP contribution is -2.60. The van der Waals surface area contributed by atoms with Crippen LogP contribution in [0.25, 0.3) is 0 Å². The van der Waals surface area contributed by atoms with E-state index in [0.717, 1.165) is 25.7 Å². The fourth-order valence-electron chi connectivity index (χ4n) is 3.22. The van der Waals surface area contributed by atoms with E-state index < -0.39 is 30.3 Å². The van der Waals surface area contributed by atoms with Crippen LogP contribution in [0.15, 0.2) is 23.2 Å². The molecule has 1 unspecified atom stereocenters. The van der Waals surface area contributed by atoms with E-state index >= 15 is 0 Å². The first-order chi connectivity index (χ1) is 13.8. The van der Waals surface area contributed by atoms with Gasteiger partial charge in [-0.15, -0.1) is 0 Å². The van der Waals surface area contributed by atoms with Crippen LogP contribution in [-0.2, 0) is 19.4 Å². The Morgan fingerprint density at radius 1 is 1.30 bits per heavy atom. The molecule has 0 N–H and O–H groups in total. The summed E-state index contributed by atoms with van der Waals surface area (Å²) in [5.74, 6) is 1.41. The van der Waals surface area contributed by atoms with Gasteiger partial charge in [-0.05, 0) is 23.5 Å². The Hall–Kier alpha value is -0.728. The number of rotatable bonds is 11. The number of ether oxygens (including phenoxy) is 1. The minimum atomic E-state index is -3.68. The average molecular weight is 476 g/mol. The van der Waals surface area contributed by atoms with Crippen LogP contribution in [0.3, 0.4) is 0 Å². The number of esters is 1. The molecule has 9 heteroatoms. The molecule has 1 atom stereocenters. The smallest absolute Gasteiger partial charge is 0.380 e. The van der Waals surface area contributed by atoms with Crippen molar-refractivity contribution in [3.05, 3.63) is 23.2 Å². The molecule has 0 saturated carbocycles. The van der Waals surface area contributed by atoms with E-state index in [-0.39, 0.29) is 22.2 Å². The molecule has 5 nitrogen and oxygen atoms in total. The lowest BCUT2D eigenvalue weighted by atomic mass is 9.90. The molecule has 0 fully saturated rings.